The Morgan fingerprint density at radius 2 is 1.60 bits per heavy atom. The molecule has 0 rings (SSSR count). The SMILES string of the molecule is CC.CCCOCCOCCNC(C)=O. The monoisotopic (exact) mass is 219 g/mol. The van der Waals surface area contributed by atoms with Gasteiger partial charge in [-0.2, -0.15) is 0 Å². The lowest BCUT2D eigenvalue weighted by atomic mass is 10.5. The number of nitrogens with one attached hydrogen (secondary N) is 1. The highest BCUT2D eigenvalue weighted by Gasteiger charge is 1.91. The first-order valence-electron chi connectivity index (χ1n) is 5.67. The highest BCUT2D eigenvalue weighted by molar-refractivity contribution is 5.72. The van der Waals surface area contributed by atoms with Crippen LogP contribution in [0.25, 0.3) is 0 Å². The topological polar surface area (TPSA) is 47.6 Å². The molecule has 0 bridgehead atoms. The maximum Gasteiger partial charge on any atom is 0.216 e. The summed E-state index contributed by atoms with van der Waals surface area (Å²) in [5, 5.41) is 2.64. The van der Waals surface area contributed by atoms with Crippen LogP contribution in [0.1, 0.15) is 34.1 Å². The Bertz CT molecular complexity index is 129. The summed E-state index contributed by atoms with van der Waals surface area (Å²) in [6.45, 7) is 10.7. The molecule has 0 radical (unpaired) electrons. The van der Waals surface area contributed by atoms with Crippen molar-refractivity contribution in [1.29, 1.82) is 0 Å². The average Bonchev–Trinajstić information content (AvgIpc) is 2.24. The predicted octanol–water partition coefficient (Wildman–Crippen LogP) is 1.59. The van der Waals surface area contributed by atoms with E-state index in [-0.39, 0.29) is 5.91 Å². The van der Waals surface area contributed by atoms with E-state index < -0.39 is 0 Å². The second-order valence-corrected chi connectivity index (χ2v) is 2.71. The minimum Gasteiger partial charge on any atom is -0.379 e. The summed E-state index contributed by atoms with van der Waals surface area (Å²) in [6, 6.07) is 0. The summed E-state index contributed by atoms with van der Waals surface area (Å²) in [5.74, 6) is -0.0224. The molecular formula is C11H25NO3. The van der Waals surface area contributed by atoms with Gasteiger partial charge in [0.15, 0.2) is 0 Å². The van der Waals surface area contributed by atoms with Crippen LogP contribution in [0.4, 0.5) is 0 Å². The summed E-state index contributed by atoms with van der Waals surface area (Å²) in [7, 11) is 0. The van der Waals surface area contributed by atoms with Crippen molar-refractivity contribution in [3.63, 3.8) is 0 Å². The van der Waals surface area contributed by atoms with Crippen molar-refractivity contribution in [2.75, 3.05) is 33.0 Å². The quantitative estimate of drug-likeness (QED) is 0.631. The second kappa shape index (κ2) is 15.8. The van der Waals surface area contributed by atoms with Gasteiger partial charge in [-0.3, -0.25) is 4.79 Å². The maximum absolute atomic E-state index is 10.4. The zero-order valence-electron chi connectivity index (χ0n) is 10.5. The van der Waals surface area contributed by atoms with E-state index in [1.54, 1.807) is 0 Å². The first-order valence-corrected chi connectivity index (χ1v) is 5.67. The number of hydrogen-bond donors (Lipinski definition) is 1. The van der Waals surface area contributed by atoms with E-state index in [2.05, 4.69) is 12.2 Å². The molecule has 1 N–H and O–H groups in total. The Labute approximate surface area is 93.3 Å². The minimum atomic E-state index is -0.0224. The fraction of sp³-hybridized carbons (Fsp3) is 0.909. The Balaban J connectivity index is 0. The molecule has 1 amide bonds. The maximum atomic E-state index is 10.4. The van der Waals surface area contributed by atoms with Crippen molar-refractivity contribution in [1.82, 2.24) is 5.32 Å². The molecule has 92 valence electrons. The third-order valence-electron chi connectivity index (χ3n) is 1.34. The molecule has 0 aliphatic carbocycles. The van der Waals surface area contributed by atoms with E-state index in [9.17, 15) is 4.79 Å². The summed E-state index contributed by atoms with van der Waals surface area (Å²) in [6.07, 6.45) is 1.03. The highest BCUT2D eigenvalue weighted by atomic mass is 16.5. The Kier molecular flexibility index (Phi) is 17.8. The van der Waals surface area contributed by atoms with Crippen LogP contribution in [-0.2, 0) is 14.3 Å². The summed E-state index contributed by atoms with van der Waals surface area (Å²) in [5.41, 5.74) is 0. The Morgan fingerprint density at radius 3 is 2.07 bits per heavy atom. The molecule has 0 saturated carbocycles. The predicted molar refractivity (Wildman–Crippen MR) is 62.0 cm³/mol. The zero-order chi connectivity index (χ0) is 11.9. The third-order valence-corrected chi connectivity index (χ3v) is 1.34. The second-order valence-electron chi connectivity index (χ2n) is 2.71. The van der Waals surface area contributed by atoms with E-state index in [4.69, 9.17) is 9.47 Å². The van der Waals surface area contributed by atoms with Gasteiger partial charge in [0.1, 0.15) is 0 Å². The van der Waals surface area contributed by atoms with E-state index in [1.165, 1.54) is 6.92 Å². The van der Waals surface area contributed by atoms with Gasteiger partial charge in [0.05, 0.1) is 19.8 Å². The lowest BCUT2D eigenvalue weighted by Crippen LogP contribution is -2.24. The highest BCUT2D eigenvalue weighted by Crippen LogP contribution is 1.81. The molecule has 15 heavy (non-hydrogen) atoms. The summed E-state index contributed by atoms with van der Waals surface area (Å²) in [4.78, 5) is 10.4. The summed E-state index contributed by atoms with van der Waals surface area (Å²) >= 11 is 0. The molecule has 0 aliphatic rings. The van der Waals surface area contributed by atoms with Gasteiger partial charge in [-0.25, -0.2) is 0 Å². The molecule has 0 saturated heterocycles. The van der Waals surface area contributed by atoms with Crippen LogP contribution in [0.3, 0.4) is 0 Å². The lowest BCUT2D eigenvalue weighted by Gasteiger charge is -2.04. The number of carbonyl (C=O) groups excluding carboxylic acids is 1. The van der Waals surface area contributed by atoms with Crippen LogP contribution in [-0.4, -0.2) is 38.9 Å². The smallest absolute Gasteiger partial charge is 0.216 e. The number of carbonyl (C=O) groups is 1. The van der Waals surface area contributed by atoms with Gasteiger partial charge in [-0.05, 0) is 6.42 Å². The lowest BCUT2D eigenvalue weighted by molar-refractivity contribution is -0.119. The van der Waals surface area contributed by atoms with Crippen LogP contribution in [0.2, 0.25) is 0 Å². The van der Waals surface area contributed by atoms with Crippen molar-refractivity contribution in [3.8, 4) is 0 Å². The first kappa shape index (κ1) is 16.8. The number of ether oxygens (including phenoxy) is 2. The number of hydrogen-bond acceptors (Lipinski definition) is 3. The molecule has 0 spiro atoms. The van der Waals surface area contributed by atoms with Crippen LogP contribution < -0.4 is 5.32 Å². The van der Waals surface area contributed by atoms with Crippen molar-refractivity contribution in [2.45, 2.75) is 34.1 Å². The van der Waals surface area contributed by atoms with Gasteiger partial charge in [0, 0.05) is 20.1 Å². The standard InChI is InChI=1S/C9H19NO3.C2H6/c1-3-5-12-7-8-13-6-4-10-9(2)11;1-2/h3-8H2,1-2H3,(H,10,11);1-2H3. The Morgan fingerprint density at radius 1 is 1.07 bits per heavy atom. The van der Waals surface area contributed by atoms with Gasteiger partial charge in [0.2, 0.25) is 5.91 Å². The molecule has 0 heterocycles. The molecule has 4 nitrogen and oxygen atoms in total. The molecule has 0 aromatic heterocycles. The molecule has 0 atom stereocenters. The van der Waals surface area contributed by atoms with Gasteiger partial charge >= 0.3 is 0 Å². The van der Waals surface area contributed by atoms with Crippen molar-refractivity contribution in [3.05, 3.63) is 0 Å². The van der Waals surface area contributed by atoms with Gasteiger partial charge in [0.25, 0.3) is 0 Å². The van der Waals surface area contributed by atoms with Crippen LogP contribution in [0, 0.1) is 0 Å². The van der Waals surface area contributed by atoms with Crippen molar-refractivity contribution in [2.24, 2.45) is 0 Å². The average molecular weight is 219 g/mol. The van der Waals surface area contributed by atoms with Crippen LogP contribution in [0.5, 0.6) is 0 Å². The van der Waals surface area contributed by atoms with E-state index in [1.807, 2.05) is 13.8 Å². The fourth-order valence-corrected chi connectivity index (χ4v) is 0.766. The van der Waals surface area contributed by atoms with E-state index in [0.717, 1.165) is 13.0 Å². The molecule has 0 aromatic carbocycles. The first-order chi connectivity index (χ1) is 7.27. The van der Waals surface area contributed by atoms with Crippen molar-refractivity contribution < 1.29 is 14.3 Å². The van der Waals surface area contributed by atoms with Crippen LogP contribution in [0.15, 0.2) is 0 Å². The molecular weight excluding hydrogens is 194 g/mol. The zero-order valence-corrected chi connectivity index (χ0v) is 10.5. The third kappa shape index (κ3) is 19.7. The van der Waals surface area contributed by atoms with E-state index in [0.29, 0.717) is 26.4 Å². The normalized spacial score (nSPS) is 9.07. The summed E-state index contributed by atoms with van der Waals surface area (Å²) < 4.78 is 10.4. The van der Waals surface area contributed by atoms with Gasteiger partial charge in [-0.15, -0.1) is 0 Å². The molecule has 0 aliphatic heterocycles. The molecule has 0 fully saturated rings. The largest absolute Gasteiger partial charge is 0.379 e. The number of amides is 1. The molecule has 0 aromatic rings. The van der Waals surface area contributed by atoms with Crippen LogP contribution >= 0.6 is 0 Å². The minimum absolute atomic E-state index is 0.0224. The fourth-order valence-electron chi connectivity index (χ4n) is 0.766. The van der Waals surface area contributed by atoms with E-state index >= 15 is 0 Å². The Hall–Kier alpha value is -0.610. The van der Waals surface area contributed by atoms with Gasteiger partial charge in [-0.1, -0.05) is 20.8 Å². The molecule has 4 heteroatoms. The van der Waals surface area contributed by atoms with Gasteiger partial charge < -0.3 is 14.8 Å². The molecule has 0 unspecified atom stereocenters. The number of rotatable bonds is 8. The van der Waals surface area contributed by atoms with Crippen molar-refractivity contribution >= 4 is 5.91 Å².